The first-order valence-electron chi connectivity index (χ1n) is 9.37. The second kappa shape index (κ2) is 7.44. The Labute approximate surface area is 154 Å². The quantitative estimate of drug-likeness (QED) is 0.508. The lowest BCUT2D eigenvalue weighted by Crippen LogP contribution is -2.43. The molecular weight excluding hydrogens is 328 g/mol. The number of fused-ring (bicyclic) bond motifs is 1. The highest BCUT2D eigenvalue weighted by atomic mass is 16.5. The van der Waals surface area contributed by atoms with Gasteiger partial charge in [-0.3, -0.25) is 4.79 Å². The van der Waals surface area contributed by atoms with Crippen molar-refractivity contribution < 1.29 is 18.9 Å². The molecule has 2 heterocycles. The summed E-state index contributed by atoms with van der Waals surface area (Å²) in [5, 5.41) is 0. The second-order valence-corrected chi connectivity index (χ2v) is 7.04. The molecule has 5 nitrogen and oxygen atoms in total. The minimum Gasteiger partial charge on any atom is -0.462 e. The van der Waals surface area contributed by atoms with E-state index in [0.29, 0.717) is 29.1 Å². The molecule has 3 rings (SSSR count). The summed E-state index contributed by atoms with van der Waals surface area (Å²) < 4.78 is 7.09. The van der Waals surface area contributed by atoms with Crippen molar-refractivity contribution in [3.05, 3.63) is 52.1 Å². The molecule has 0 amide bonds. The summed E-state index contributed by atoms with van der Waals surface area (Å²) in [6, 6.07) is 1.80. The van der Waals surface area contributed by atoms with E-state index in [1.54, 1.807) is 20.8 Å². The molecule has 0 saturated carbocycles. The van der Waals surface area contributed by atoms with Crippen LogP contribution >= 0.6 is 0 Å². The molecule has 0 spiro atoms. The van der Waals surface area contributed by atoms with Crippen molar-refractivity contribution in [3.63, 3.8) is 0 Å². The lowest BCUT2D eigenvalue weighted by Gasteiger charge is -2.15. The molecular formula is C21H27N2O3+. The topological polar surface area (TPSA) is 63.0 Å². The van der Waals surface area contributed by atoms with Crippen LogP contribution in [0.2, 0.25) is 0 Å². The van der Waals surface area contributed by atoms with Crippen molar-refractivity contribution in [3.8, 4) is 0 Å². The summed E-state index contributed by atoms with van der Waals surface area (Å²) >= 11 is 0. The number of pyridine rings is 1. The average Bonchev–Trinajstić information content (AvgIpc) is 2.94. The fourth-order valence-electron chi connectivity index (χ4n) is 3.78. The first-order chi connectivity index (χ1) is 12.4. The predicted molar refractivity (Wildman–Crippen MR) is 98.5 cm³/mol. The maximum absolute atomic E-state index is 13.1. The van der Waals surface area contributed by atoms with Crippen molar-refractivity contribution >= 4 is 11.8 Å². The SMILES string of the molecule is CCOC(=O)c1c(C)[nH]c(C(=O)[C@@H](C)[n+]2ccc3c(c2)CCCC3)c1C. The van der Waals surface area contributed by atoms with Gasteiger partial charge in [0.05, 0.1) is 17.9 Å². The highest BCUT2D eigenvalue weighted by Gasteiger charge is 2.30. The number of esters is 1. The third kappa shape index (κ3) is 3.30. The highest BCUT2D eigenvalue weighted by molar-refractivity contribution is 6.02. The number of hydrogen-bond donors (Lipinski definition) is 1. The molecule has 0 bridgehead atoms. The minimum atomic E-state index is -0.383. The minimum absolute atomic E-state index is 0.0260. The van der Waals surface area contributed by atoms with Gasteiger partial charge in [0.25, 0.3) is 0 Å². The molecule has 138 valence electrons. The van der Waals surface area contributed by atoms with Gasteiger partial charge in [0.2, 0.25) is 11.8 Å². The van der Waals surface area contributed by atoms with Gasteiger partial charge < -0.3 is 9.72 Å². The van der Waals surface area contributed by atoms with Crippen LogP contribution in [0.5, 0.6) is 0 Å². The van der Waals surface area contributed by atoms with Crippen LogP contribution in [-0.4, -0.2) is 23.3 Å². The van der Waals surface area contributed by atoms with Gasteiger partial charge in [0.1, 0.15) is 0 Å². The van der Waals surface area contributed by atoms with E-state index in [1.807, 2.05) is 17.7 Å². The van der Waals surface area contributed by atoms with Crippen molar-refractivity contribution in [2.24, 2.45) is 0 Å². The third-order valence-corrected chi connectivity index (χ3v) is 5.30. The molecule has 1 N–H and O–H groups in total. The molecule has 0 fully saturated rings. The summed E-state index contributed by atoms with van der Waals surface area (Å²) in [6.45, 7) is 7.58. The van der Waals surface area contributed by atoms with E-state index in [0.717, 1.165) is 12.8 Å². The van der Waals surface area contributed by atoms with E-state index >= 15 is 0 Å². The number of rotatable bonds is 5. The number of carbonyl (C=O) groups excluding carboxylic acids is 2. The molecule has 1 atom stereocenters. The number of Topliss-reactive ketones (excluding diaryl/α,β-unsaturated/α-hetero) is 1. The van der Waals surface area contributed by atoms with E-state index in [9.17, 15) is 9.59 Å². The zero-order chi connectivity index (χ0) is 18.8. The molecule has 0 aromatic carbocycles. The Kier molecular flexibility index (Phi) is 5.25. The van der Waals surface area contributed by atoms with Crippen molar-refractivity contribution in [1.82, 2.24) is 4.98 Å². The van der Waals surface area contributed by atoms with Gasteiger partial charge >= 0.3 is 5.97 Å². The second-order valence-electron chi connectivity index (χ2n) is 7.04. The summed E-state index contributed by atoms with van der Waals surface area (Å²) in [4.78, 5) is 28.3. The number of aryl methyl sites for hydroxylation is 3. The fraction of sp³-hybridized carbons (Fsp3) is 0.476. The van der Waals surface area contributed by atoms with Gasteiger partial charge in [-0.1, -0.05) is 0 Å². The van der Waals surface area contributed by atoms with Crippen LogP contribution in [0.3, 0.4) is 0 Å². The number of hydrogen-bond acceptors (Lipinski definition) is 3. The number of ketones is 1. The van der Waals surface area contributed by atoms with Gasteiger partial charge in [-0.25, -0.2) is 4.79 Å². The van der Waals surface area contributed by atoms with Crippen molar-refractivity contribution in [2.45, 2.75) is 59.4 Å². The molecule has 1 aliphatic rings. The van der Waals surface area contributed by atoms with E-state index in [4.69, 9.17) is 4.74 Å². The summed E-state index contributed by atoms with van der Waals surface area (Å²) in [5.74, 6) is -0.409. The Morgan fingerprint density at radius 3 is 2.62 bits per heavy atom. The number of aromatic amines is 1. The Balaban J connectivity index is 1.89. The molecule has 2 aromatic heterocycles. The zero-order valence-corrected chi connectivity index (χ0v) is 16.0. The van der Waals surface area contributed by atoms with Crippen LogP contribution in [0.15, 0.2) is 18.5 Å². The molecule has 1 aliphatic carbocycles. The molecule has 26 heavy (non-hydrogen) atoms. The standard InChI is InChI=1S/C21H26N2O3/c1-5-26-21(25)18-13(2)19(22-14(18)3)20(24)15(4)23-11-10-16-8-6-7-9-17(16)12-23/h10-12,15H,5-9H2,1-4H3/p+1/t15-/m1/s1. The Morgan fingerprint density at radius 1 is 1.23 bits per heavy atom. The molecule has 0 radical (unpaired) electrons. The van der Waals surface area contributed by atoms with Crippen LogP contribution in [0.4, 0.5) is 0 Å². The van der Waals surface area contributed by atoms with E-state index in [1.165, 1.54) is 24.0 Å². The van der Waals surface area contributed by atoms with Gasteiger partial charge in [-0.15, -0.1) is 0 Å². The first-order valence-corrected chi connectivity index (χ1v) is 9.37. The summed E-state index contributed by atoms with van der Waals surface area (Å²) in [5.41, 5.74) is 5.03. The predicted octanol–water partition coefficient (Wildman–Crippen LogP) is 3.42. The van der Waals surface area contributed by atoms with Crippen molar-refractivity contribution in [1.29, 1.82) is 0 Å². The maximum Gasteiger partial charge on any atom is 0.340 e. The molecule has 5 heteroatoms. The number of nitrogens with zero attached hydrogens (tertiary/aromatic N) is 1. The smallest absolute Gasteiger partial charge is 0.340 e. The normalized spacial score (nSPS) is 14.6. The number of nitrogens with one attached hydrogen (secondary N) is 1. The van der Waals surface area contributed by atoms with Crippen LogP contribution in [0.1, 0.15) is 76.0 Å². The highest BCUT2D eigenvalue weighted by Crippen LogP contribution is 2.23. The van der Waals surface area contributed by atoms with Gasteiger partial charge in [-0.05, 0) is 57.6 Å². The lowest BCUT2D eigenvalue weighted by atomic mass is 9.93. The van der Waals surface area contributed by atoms with Crippen LogP contribution in [0, 0.1) is 13.8 Å². The maximum atomic E-state index is 13.1. The summed E-state index contributed by atoms with van der Waals surface area (Å²) in [7, 11) is 0. The molecule has 0 aliphatic heterocycles. The third-order valence-electron chi connectivity index (χ3n) is 5.30. The first kappa shape index (κ1) is 18.4. The van der Waals surface area contributed by atoms with Gasteiger partial charge in [0.15, 0.2) is 12.4 Å². The van der Waals surface area contributed by atoms with Crippen LogP contribution in [-0.2, 0) is 17.6 Å². The monoisotopic (exact) mass is 355 g/mol. The van der Waals surface area contributed by atoms with E-state index in [2.05, 4.69) is 17.2 Å². The Bertz CT molecular complexity index is 851. The fourth-order valence-corrected chi connectivity index (χ4v) is 3.78. The number of aromatic nitrogens is 2. The van der Waals surface area contributed by atoms with Crippen LogP contribution in [0.25, 0.3) is 0 Å². The van der Waals surface area contributed by atoms with Gasteiger partial charge in [-0.2, -0.15) is 4.57 Å². The molecule has 0 saturated heterocycles. The van der Waals surface area contributed by atoms with Crippen LogP contribution < -0.4 is 4.57 Å². The summed E-state index contributed by atoms with van der Waals surface area (Å²) in [6.07, 6.45) is 8.74. The largest absolute Gasteiger partial charge is 0.462 e. The number of carbonyl (C=O) groups is 2. The van der Waals surface area contributed by atoms with E-state index < -0.39 is 0 Å². The zero-order valence-electron chi connectivity index (χ0n) is 16.0. The van der Waals surface area contributed by atoms with Gasteiger partial charge in [0, 0.05) is 24.2 Å². The van der Waals surface area contributed by atoms with Crippen molar-refractivity contribution in [2.75, 3.05) is 6.61 Å². The van der Waals surface area contributed by atoms with E-state index in [-0.39, 0.29) is 17.8 Å². The lowest BCUT2D eigenvalue weighted by molar-refractivity contribution is -0.705. The molecule has 0 unspecified atom stereocenters. The number of ether oxygens (including phenoxy) is 1. The Morgan fingerprint density at radius 2 is 1.92 bits per heavy atom. The number of H-pyrrole nitrogens is 1. The average molecular weight is 355 g/mol. The molecule has 2 aromatic rings. The Hall–Kier alpha value is -2.43.